The molecule has 5 heteroatoms. The molecule has 1 fully saturated rings. The Morgan fingerprint density at radius 2 is 2.24 bits per heavy atom. The highest BCUT2D eigenvalue weighted by Crippen LogP contribution is 2.30. The first kappa shape index (κ1) is 14.6. The van der Waals surface area contributed by atoms with Crippen LogP contribution in [0.3, 0.4) is 0 Å². The van der Waals surface area contributed by atoms with E-state index in [2.05, 4.69) is 34.7 Å². The third kappa shape index (κ3) is 3.12. The molecule has 2 unspecified atom stereocenters. The normalized spacial score (nSPS) is 25.7. The van der Waals surface area contributed by atoms with E-state index < -0.39 is 0 Å². The van der Waals surface area contributed by atoms with Gasteiger partial charge in [0.15, 0.2) is 5.69 Å². The maximum Gasteiger partial charge on any atom is 0.272 e. The first-order chi connectivity index (χ1) is 10.1. The van der Waals surface area contributed by atoms with Crippen molar-refractivity contribution in [2.75, 3.05) is 6.54 Å². The third-order valence-corrected chi connectivity index (χ3v) is 5.01. The van der Waals surface area contributed by atoms with Gasteiger partial charge in [0.1, 0.15) is 0 Å². The minimum Gasteiger partial charge on any atom is -0.348 e. The summed E-state index contributed by atoms with van der Waals surface area (Å²) in [6, 6.07) is 0.308. The molecule has 1 aromatic heterocycles. The molecule has 2 atom stereocenters. The van der Waals surface area contributed by atoms with Crippen molar-refractivity contribution in [1.29, 1.82) is 0 Å². The molecule has 0 bridgehead atoms. The molecular formula is C16H26N4O. The molecule has 1 aliphatic carbocycles. The molecule has 1 saturated carbocycles. The highest BCUT2D eigenvalue weighted by atomic mass is 16.2. The summed E-state index contributed by atoms with van der Waals surface area (Å²) < 4.78 is 0. The fraction of sp³-hybridized carbons (Fsp3) is 0.750. The Hall–Kier alpha value is -1.36. The van der Waals surface area contributed by atoms with Gasteiger partial charge >= 0.3 is 0 Å². The molecule has 5 nitrogen and oxygen atoms in total. The number of hydrogen-bond donors (Lipinski definition) is 3. The number of H-pyrrole nitrogens is 1. The minimum absolute atomic E-state index is 0.00870. The van der Waals surface area contributed by atoms with E-state index in [0.29, 0.717) is 17.7 Å². The Kier molecular flexibility index (Phi) is 4.29. The van der Waals surface area contributed by atoms with E-state index in [-0.39, 0.29) is 5.91 Å². The lowest BCUT2D eigenvalue weighted by atomic mass is 9.79. The summed E-state index contributed by atoms with van der Waals surface area (Å²) in [5, 5.41) is 13.8. The maximum absolute atomic E-state index is 12.5. The van der Waals surface area contributed by atoms with E-state index in [1.54, 1.807) is 0 Å². The van der Waals surface area contributed by atoms with Crippen molar-refractivity contribution in [3.05, 3.63) is 17.0 Å². The van der Waals surface area contributed by atoms with Gasteiger partial charge in [-0.3, -0.25) is 9.89 Å². The fourth-order valence-electron chi connectivity index (χ4n) is 3.63. The van der Waals surface area contributed by atoms with Crippen LogP contribution in [0.5, 0.6) is 0 Å². The SMILES string of the molecule is CC(C)C1CCCC(NC(=O)c2n[nH]c3c2CNCC3)C1. The molecule has 2 aliphatic rings. The molecule has 0 spiro atoms. The Morgan fingerprint density at radius 1 is 1.38 bits per heavy atom. The summed E-state index contributed by atoms with van der Waals surface area (Å²) in [5.74, 6) is 1.43. The van der Waals surface area contributed by atoms with Crippen molar-refractivity contribution >= 4 is 5.91 Å². The molecule has 1 amide bonds. The van der Waals surface area contributed by atoms with E-state index in [0.717, 1.165) is 49.5 Å². The van der Waals surface area contributed by atoms with Crippen LogP contribution in [0.4, 0.5) is 0 Å². The number of fused-ring (bicyclic) bond motifs is 1. The monoisotopic (exact) mass is 290 g/mol. The molecule has 3 N–H and O–H groups in total. The van der Waals surface area contributed by atoms with Gasteiger partial charge < -0.3 is 10.6 Å². The second kappa shape index (κ2) is 6.18. The van der Waals surface area contributed by atoms with Gasteiger partial charge in [0.2, 0.25) is 0 Å². The van der Waals surface area contributed by atoms with Crippen LogP contribution in [-0.2, 0) is 13.0 Å². The number of carbonyl (C=O) groups excluding carboxylic acids is 1. The number of rotatable bonds is 3. The molecule has 0 saturated heterocycles. The van der Waals surface area contributed by atoms with Crippen LogP contribution in [0.1, 0.15) is 61.3 Å². The summed E-state index contributed by atoms with van der Waals surface area (Å²) in [6.45, 7) is 6.26. The van der Waals surface area contributed by atoms with Crippen LogP contribution >= 0.6 is 0 Å². The first-order valence-electron chi connectivity index (χ1n) is 8.23. The van der Waals surface area contributed by atoms with Gasteiger partial charge in [-0.25, -0.2) is 0 Å². The molecule has 1 aromatic rings. The van der Waals surface area contributed by atoms with Gasteiger partial charge in [-0.2, -0.15) is 5.10 Å². The lowest BCUT2D eigenvalue weighted by Crippen LogP contribution is -2.40. The molecule has 21 heavy (non-hydrogen) atoms. The lowest BCUT2D eigenvalue weighted by Gasteiger charge is -2.32. The second-order valence-corrected chi connectivity index (χ2v) is 6.80. The molecule has 1 aliphatic heterocycles. The van der Waals surface area contributed by atoms with E-state index in [4.69, 9.17) is 0 Å². The summed E-state index contributed by atoms with van der Waals surface area (Å²) >= 11 is 0. The van der Waals surface area contributed by atoms with Crippen LogP contribution < -0.4 is 10.6 Å². The van der Waals surface area contributed by atoms with Crippen LogP contribution in [0, 0.1) is 11.8 Å². The molecule has 2 heterocycles. The molecule has 0 aromatic carbocycles. The number of aromatic nitrogens is 2. The quantitative estimate of drug-likeness (QED) is 0.797. The Balaban J connectivity index is 1.65. The summed E-state index contributed by atoms with van der Waals surface area (Å²) in [5.41, 5.74) is 2.75. The zero-order valence-corrected chi connectivity index (χ0v) is 13.0. The number of nitrogens with one attached hydrogen (secondary N) is 3. The van der Waals surface area contributed by atoms with Crippen LogP contribution in [-0.4, -0.2) is 28.7 Å². The molecule has 0 radical (unpaired) electrons. The van der Waals surface area contributed by atoms with Crippen LogP contribution in [0.15, 0.2) is 0 Å². The Morgan fingerprint density at radius 3 is 3.05 bits per heavy atom. The zero-order chi connectivity index (χ0) is 14.8. The zero-order valence-electron chi connectivity index (χ0n) is 13.0. The van der Waals surface area contributed by atoms with Crippen molar-refractivity contribution in [3.8, 4) is 0 Å². The van der Waals surface area contributed by atoms with E-state index in [1.807, 2.05) is 0 Å². The van der Waals surface area contributed by atoms with Crippen molar-refractivity contribution in [3.63, 3.8) is 0 Å². The second-order valence-electron chi connectivity index (χ2n) is 6.80. The van der Waals surface area contributed by atoms with Gasteiger partial charge in [0.05, 0.1) is 0 Å². The maximum atomic E-state index is 12.5. The van der Waals surface area contributed by atoms with E-state index >= 15 is 0 Å². The summed E-state index contributed by atoms with van der Waals surface area (Å²) in [7, 11) is 0. The predicted molar refractivity (Wildman–Crippen MR) is 82.0 cm³/mol. The van der Waals surface area contributed by atoms with Gasteiger partial charge in [-0.1, -0.05) is 26.7 Å². The topological polar surface area (TPSA) is 69.8 Å². The van der Waals surface area contributed by atoms with Gasteiger partial charge in [0.25, 0.3) is 5.91 Å². The van der Waals surface area contributed by atoms with Crippen molar-refractivity contribution in [1.82, 2.24) is 20.8 Å². The third-order valence-electron chi connectivity index (χ3n) is 5.01. The van der Waals surface area contributed by atoms with Gasteiger partial charge in [-0.05, 0) is 24.7 Å². The number of nitrogens with zero attached hydrogens (tertiary/aromatic N) is 1. The number of amides is 1. The average molecular weight is 290 g/mol. The smallest absolute Gasteiger partial charge is 0.272 e. The molecular weight excluding hydrogens is 264 g/mol. The van der Waals surface area contributed by atoms with Gasteiger partial charge in [0, 0.05) is 36.8 Å². The van der Waals surface area contributed by atoms with Crippen molar-refractivity contribution < 1.29 is 4.79 Å². The highest BCUT2D eigenvalue weighted by molar-refractivity contribution is 5.94. The standard InChI is InChI=1S/C16H26N4O/c1-10(2)11-4-3-5-12(8-11)18-16(21)15-13-9-17-7-6-14(13)19-20-15/h10-12,17H,3-9H2,1-2H3,(H,18,21)(H,19,20). The highest BCUT2D eigenvalue weighted by Gasteiger charge is 2.27. The fourth-order valence-corrected chi connectivity index (χ4v) is 3.63. The van der Waals surface area contributed by atoms with Gasteiger partial charge in [-0.15, -0.1) is 0 Å². The molecule has 116 valence electrons. The van der Waals surface area contributed by atoms with E-state index in [1.165, 1.54) is 12.8 Å². The summed E-state index contributed by atoms with van der Waals surface area (Å²) in [4.78, 5) is 12.5. The number of aromatic amines is 1. The average Bonchev–Trinajstić information content (AvgIpc) is 2.91. The van der Waals surface area contributed by atoms with E-state index in [9.17, 15) is 4.79 Å². The number of hydrogen-bond acceptors (Lipinski definition) is 3. The Labute approximate surface area is 126 Å². The first-order valence-corrected chi connectivity index (χ1v) is 8.23. The van der Waals surface area contributed by atoms with Crippen molar-refractivity contribution in [2.45, 2.75) is 58.5 Å². The molecule has 3 rings (SSSR count). The van der Waals surface area contributed by atoms with Crippen molar-refractivity contribution in [2.24, 2.45) is 11.8 Å². The Bertz CT molecular complexity index is 508. The van der Waals surface area contributed by atoms with Crippen LogP contribution in [0.25, 0.3) is 0 Å². The van der Waals surface area contributed by atoms with Crippen LogP contribution in [0.2, 0.25) is 0 Å². The summed E-state index contributed by atoms with van der Waals surface area (Å²) in [6.07, 6.45) is 5.64. The largest absolute Gasteiger partial charge is 0.348 e. The number of carbonyl (C=O) groups is 1. The predicted octanol–water partition coefficient (Wildman–Crippen LogP) is 2.00. The minimum atomic E-state index is -0.00870. The lowest BCUT2D eigenvalue weighted by molar-refractivity contribution is 0.0906.